The largest absolute Gasteiger partial charge is 0.394 e. The Morgan fingerprint density at radius 3 is 1.44 bits per heavy atom. The Morgan fingerprint density at radius 1 is 0.512 bits per heavy atom. The number of rotatable bonds is 10. The highest BCUT2D eigenvalue weighted by molar-refractivity contribution is 5.13. The maximum atomic E-state index is 11.1. The normalized spacial score (nSPS) is 45.5. The van der Waals surface area contributed by atoms with Crippen LogP contribution >= 0.6 is 0 Å². The number of aliphatic hydroxyl groups is 10. The van der Waals surface area contributed by atoms with Crippen LogP contribution in [0.25, 0.3) is 0 Å². The SMILES string of the molecule is OC[C@@H]1O[C@H](O[C@H]2[C@H](OCc3ccccc3)O[C@H](CO)[C@@H](O)[C@@H]2O[C@@H]2O[C@H](CO)[C@@H](O)[C@H](O)[C@H]2O)[C@@H](O)[C@H](O)[C@H]1O. The van der Waals surface area contributed by atoms with E-state index in [-0.39, 0.29) is 6.61 Å². The van der Waals surface area contributed by atoms with Crippen molar-refractivity contribution in [3.05, 3.63) is 35.9 Å². The highest BCUT2D eigenvalue weighted by Gasteiger charge is 2.54. The van der Waals surface area contributed by atoms with Crippen molar-refractivity contribution in [2.24, 2.45) is 0 Å². The second-order valence-corrected chi connectivity index (χ2v) is 10.1. The van der Waals surface area contributed by atoms with Crippen molar-refractivity contribution < 1.29 is 79.5 Å². The molecule has 16 nitrogen and oxygen atoms in total. The Hall–Kier alpha value is -1.42. The van der Waals surface area contributed by atoms with Gasteiger partial charge in [-0.1, -0.05) is 30.3 Å². The Balaban J connectivity index is 1.64. The van der Waals surface area contributed by atoms with Crippen LogP contribution in [0.1, 0.15) is 5.56 Å². The van der Waals surface area contributed by atoms with Gasteiger partial charge in [0.1, 0.15) is 73.2 Å². The highest BCUT2D eigenvalue weighted by Crippen LogP contribution is 2.34. The van der Waals surface area contributed by atoms with E-state index >= 15 is 0 Å². The Bertz CT molecular complexity index is 922. The summed E-state index contributed by atoms with van der Waals surface area (Å²) in [5.74, 6) is 0. The summed E-state index contributed by atoms with van der Waals surface area (Å²) in [7, 11) is 0. The molecule has 0 bridgehead atoms. The van der Waals surface area contributed by atoms with Gasteiger partial charge in [-0.2, -0.15) is 0 Å². The van der Waals surface area contributed by atoms with E-state index in [0.717, 1.165) is 0 Å². The molecule has 234 valence electrons. The van der Waals surface area contributed by atoms with Crippen molar-refractivity contribution in [1.29, 1.82) is 0 Å². The molecule has 1 aromatic carbocycles. The van der Waals surface area contributed by atoms with Crippen LogP contribution in [-0.2, 0) is 35.0 Å². The third-order valence-corrected chi connectivity index (χ3v) is 7.33. The molecule has 3 fully saturated rings. The third-order valence-electron chi connectivity index (χ3n) is 7.33. The van der Waals surface area contributed by atoms with Crippen molar-refractivity contribution in [3.63, 3.8) is 0 Å². The van der Waals surface area contributed by atoms with Gasteiger partial charge in [0.2, 0.25) is 0 Å². The first-order valence-electron chi connectivity index (χ1n) is 13.1. The standard InChI is InChI=1S/C25H38O16/c26-6-11-14(29)17(32)19(34)23(37-11)40-21-16(31)13(8-28)39-25(36-9-10-4-2-1-3-5-10)22(21)41-24-20(35)18(33)15(30)12(7-27)38-24/h1-5,11-35H,6-9H2/t11-,12+,13-,14-,15+,16-,17+,18-,19-,20+,21+,22-,23+,24-,25-/m1/s1. The van der Waals surface area contributed by atoms with E-state index in [9.17, 15) is 51.1 Å². The molecule has 0 aliphatic carbocycles. The van der Waals surface area contributed by atoms with Crippen LogP contribution in [0.15, 0.2) is 30.3 Å². The Labute approximate surface area is 234 Å². The van der Waals surface area contributed by atoms with Crippen molar-refractivity contribution in [3.8, 4) is 0 Å². The summed E-state index contributed by atoms with van der Waals surface area (Å²) in [5.41, 5.74) is 0.695. The van der Waals surface area contributed by atoms with Crippen LogP contribution in [0.5, 0.6) is 0 Å². The predicted octanol–water partition coefficient (Wildman–Crippen LogP) is -5.35. The molecular formula is C25H38O16. The van der Waals surface area contributed by atoms with Crippen LogP contribution < -0.4 is 0 Å². The molecule has 0 radical (unpaired) electrons. The summed E-state index contributed by atoms with van der Waals surface area (Å²) >= 11 is 0. The first-order valence-corrected chi connectivity index (χ1v) is 13.1. The lowest BCUT2D eigenvalue weighted by molar-refractivity contribution is -0.393. The van der Waals surface area contributed by atoms with Crippen LogP contribution in [-0.4, -0.2) is 163 Å². The second kappa shape index (κ2) is 14.4. The molecule has 3 heterocycles. The molecule has 0 aromatic heterocycles. The maximum absolute atomic E-state index is 11.1. The van der Waals surface area contributed by atoms with Gasteiger partial charge in [-0.3, -0.25) is 0 Å². The summed E-state index contributed by atoms with van der Waals surface area (Å²) in [6.45, 7) is -2.30. The van der Waals surface area contributed by atoms with Gasteiger partial charge < -0.3 is 79.5 Å². The topological polar surface area (TPSA) is 258 Å². The van der Waals surface area contributed by atoms with Crippen LogP contribution in [0.4, 0.5) is 0 Å². The summed E-state index contributed by atoms with van der Waals surface area (Å²) < 4.78 is 34.2. The van der Waals surface area contributed by atoms with Crippen molar-refractivity contribution in [2.45, 2.75) is 98.7 Å². The van der Waals surface area contributed by atoms with Crippen LogP contribution in [0, 0.1) is 0 Å². The first-order chi connectivity index (χ1) is 19.6. The third kappa shape index (κ3) is 7.05. The quantitative estimate of drug-likeness (QED) is 0.121. The summed E-state index contributed by atoms with van der Waals surface area (Å²) in [5, 5.41) is 102. The lowest BCUT2D eigenvalue weighted by atomic mass is 9.96. The minimum absolute atomic E-state index is 0.0684. The molecule has 16 heteroatoms. The van der Waals surface area contributed by atoms with E-state index in [2.05, 4.69) is 0 Å². The smallest absolute Gasteiger partial charge is 0.187 e. The van der Waals surface area contributed by atoms with E-state index in [1.54, 1.807) is 30.3 Å². The number of aliphatic hydroxyl groups excluding tert-OH is 10. The molecule has 1 aromatic rings. The molecule has 0 unspecified atom stereocenters. The van der Waals surface area contributed by atoms with Gasteiger partial charge in [-0.15, -0.1) is 0 Å². The van der Waals surface area contributed by atoms with Crippen molar-refractivity contribution in [1.82, 2.24) is 0 Å². The summed E-state index contributed by atoms with van der Waals surface area (Å²) in [4.78, 5) is 0. The van der Waals surface area contributed by atoms with Gasteiger partial charge >= 0.3 is 0 Å². The van der Waals surface area contributed by atoms with Crippen LogP contribution in [0.2, 0.25) is 0 Å². The highest BCUT2D eigenvalue weighted by atomic mass is 16.8. The lowest BCUT2D eigenvalue weighted by Gasteiger charge is -2.49. The summed E-state index contributed by atoms with van der Waals surface area (Å²) in [6.07, 6.45) is -24.6. The average Bonchev–Trinajstić information content (AvgIpc) is 2.99. The number of benzene rings is 1. The molecular weight excluding hydrogens is 556 g/mol. The molecule has 3 saturated heterocycles. The van der Waals surface area contributed by atoms with Gasteiger partial charge in [0.15, 0.2) is 18.9 Å². The molecule has 3 aliphatic rings. The number of ether oxygens (including phenoxy) is 6. The van der Waals surface area contributed by atoms with Gasteiger partial charge in [0.25, 0.3) is 0 Å². The van der Waals surface area contributed by atoms with Crippen molar-refractivity contribution >= 4 is 0 Å². The average molecular weight is 595 g/mol. The first kappa shape index (κ1) is 32.5. The van der Waals surface area contributed by atoms with Gasteiger partial charge in [-0.25, -0.2) is 0 Å². The van der Waals surface area contributed by atoms with E-state index in [4.69, 9.17) is 28.4 Å². The monoisotopic (exact) mass is 594 g/mol. The fraction of sp³-hybridized carbons (Fsp3) is 0.760. The molecule has 41 heavy (non-hydrogen) atoms. The van der Waals surface area contributed by atoms with E-state index in [1.807, 2.05) is 0 Å². The van der Waals surface area contributed by atoms with Gasteiger partial charge in [0.05, 0.1) is 26.4 Å². The molecule has 4 rings (SSSR count). The second-order valence-electron chi connectivity index (χ2n) is 10.1. The predicted molar refractivity (Wildman–Crippen MR) is 130 cm³/mol. The summed E-state index contributed by atoms with van der Waals surface area (Å²) in [6, 6.07) is 8.79. The van der Waals surface area contributed by atoms with Gasteiger partial charge in [0, 0.05) is 0 Å². The Kier molecular flexibility index (Phi) is 11.4. The molecule has 3 aliphatic heterocycles. The maximum Gasteiger partial charge on any atom is 0.187 e. The van der Waals surface area contributed by atoms with Crippen molar-refractivity contribution in [2.75, 3.05) is 19.8 Å². The molecule has 15 atom stereocenters. The zero-order valence-corrected chi connectivity index (χ0v) is 21.8. The molecule has 0 amide bonds. The minimum Gasteiger partial charge on any atom is -0.394 e. The lowest BCUT2D eigenvalue weighted by Crippen LogP contribution is -2.67. The van der Waals surface area contributed by atoms with E-state index in [1.165, 1.54) is 0 Å². The van der Waals surface area contributed by atoms with Gasteiger partial charge in [-0.05, 0) is 5.56 Å². The zero-order valence-electron chi connectivity index (χ0n) is 21.8. The van der Waals surface area contributed by atoms with E-state index in [0.29, 0.717) is 5.56 Å². The minimum atomic E-state index is -1.87. The number of hydrogen-bond acceptors (Lipinski definition) is 16. The fourth-order valence-corrected chi connectivity index (χ4v) is 4.90. The Morgan fingerprint density at radius 2 is 0.951 bits per heavy atom. The van der Waals surface area contributed by atoms with Crippen LogP contribution in [0.3, 0.4) is 0 Å². The molecule has 0 spiro atoms. The van der Waals surface area contributed by atoms with E-state index < -0.39 is 112 Å². The number of hydrogen-bond donors (Lipinski definition) is 10. The fourth-order valence-electron chi connectivity index (χ4n) is 4.90. The molecule has 0 saturated carbocycles. The molecule has 10 N–H and O–H groups in total. The zero-order chi connectivity index (χ0) is 29.8.